The molecule has 3 rings (SSSR count). The maximum atomic E-state index is 13.0. The Kier molecular flexibility index (Phi) is 8.55. The van der Waals surface area contributed by atoms with Crippen LogP contribution in [0.25, 0.3) is 11.4 Å². The minimum Gasteiger partial charge on any atom is -0.353 e. The summed E-state index contributed by atoms with van der Waals surface area (Å²) >= 11 is 0. The van der Waals surface area contributed by atoms with E-state index in [0.29, 0.717) is 44.0 Å². The summed E-state index contributed by atoms with van der Waals surface area (Å²) in [4.78, 5) is 26.1. The Morgan fingerprint density at radius 3 is 2.21 bits per heavy atom. The molecule has 2 aromatic rings. The second-order valence-electron chi connectivity index (χ2n) is 9.28. The monoisotopic (exact) mass is 476 g/mol. The average molecular weight is 477 g/mol. The number of alkyl halides is 3. The third kappa shape index (κ3) is 6.27. The van der Waals surface area contributed by atoms with E-state index in [4.69, 9.17) is 4.98 Å². The molecule has 0 bridgehead atoms. The topological polar surface area (TPSA) is 49.3 Å². The third-order valence-corrected chi connectivity index (χ3v) is 6.34. The fraction of sp³-hybridized carbons (Fsp3) is 0.577. The summed E-state index contributed by atoms with van der Waals surface area (Å²) in [6.07, 6.45) is 0.557. The first-order valence-electron chi connectivity index (χ1n) is 12.2. The molecule has 34 heavy (non-hydrogen) atoms. The Morgan fingerprint density at radius 2 is 1.65 bits per heavy atom. The summed E-state index contributed by atoms with van der Waals surface area (Å²) in [6, 6.07) is 4.97. The highest BCUT2D eigenvalue weighted by Gasteiger charge is 2.30. The molecule has 186 valence electrons. The van der Waals surface area contributed by atoms with E-state index in [0.717, 1.165) is 54.9 Å². The quantitative estimate of drug-likeness (QED) is 0.425. The number of nitrogens with zero attached hydrogens (tertiary/aromatic N) is 4. The molecule has 2 heterocycles. The van der Waals surface area contributed by atoms with Gasteiger partial charge in [0.25, 0.3) is 0 Å². The molecule has 1 aromatic heterocycles. The van der Waals surface area contributed by atoms with Crippen molar-refractivity contribution in [3.63, 3.8) is 0 Å². The standard InChI is InChI=1S/C26H35F3N4O/c1-5-6-7-8-9-22(34)32-14-16-33(17-15-32)25-23(18(2)3)19(4)30-24(31-25)20-10-12-21(13-11-20)26(27,28)29/h10-13,18H,5-9,14-17H2,1-4H3. The number of halogens is 3. The van der Waals surface area contributed by atoms with Crippen LogP contribution in [-0.4, -0.2) is 47.0 Å². The van der Waals surface area contributed by atoms with Crippen molar-refractivity contribution < 1.29 is 18.0 Å². The molecular weight excluding hydrogens is 441 g/mol. The van der Waals surface area contributed by atoms with Gasteiger partial charge in [-0.1, -0.05) is 52.2 Å². The number of hydrogen-bond acceptors (Lipinski definition) is 4. The first kappa shape index (κ1) is 26.0. The number of aromatic nitrogens is 2. The van der Waals surface area contributed by atoms with Crippen molar-refractivity contribution in [2.24, 2.45) is 0 Å². The maximum absolute atomic E-state index is 13.0. The van der Waals surface area contributed by atoms with Gasteiger partial charge in [0.05, 0.1) is 5.56 Å². The zero-order chi connectivity index (χ0) is 24.9. The minimum atomic E-state index is -4.38. The van der Waals surface area contributed by atoms with Crippen LogP contribution in [0.1, 0.15) is 75.6 Å². The summed E-state index contributed by atoms with van der Waals surface area (Å²) in [5.74, 6) is 1.63. The summed E-state index contributed by atoms with van der Waals surface area (Å²) in [5, 5.41) is 0. The molecule has 1 aliphatic heterocycles. The zero-order valence-electron chi connectivity index (χ0n) is 20.6. The van der Waals surface area contributed by atoms with E-state index in [1.807, 2.05) is 11.8 Å². The van der Waals surface area contributed by atoms with Gasteiger partial charge in [-0.15, -0.1) is 0 Å². The Hall–Kier alpha value is -2.64. The van der Waals surface area contributed by atoms with Crippen molar-refractivity contribution in [1.29, 1.82) is 0 Å². The van der Waals surface area contributed by atoms with E-state index in [1.165, 1.54) is 12.1 Å². The largest absolute Gasteiger partial charge is 0.416 e. The van der Waals surface area contributed by atoms with Crippen molar-refractivity contribution in [2.75, 3.05) is 31.1 Å². The van der Waals surface area contributed by atoms with Gasteiger partial charge in [-0.25, -0.2) is 9.97 Å². The summed E-state index contributed by atoms with van der Waals surface area (Å²) in [5.41, 5.74) is 1.72. The van der Waals surface area contributed by atoms with Crippen LogP contribution in [-0.2, 0) is 11.0 Å². The smallest absolute Gasteiger partial charge is 0.353 e. The Bertz CT molecular complexity index is 965. The van der Waals surface area contributed by atoms with E-state index in [1.54, 1.807) is 0 Å². The number of carbonyl (C=O) groups is 1. The highest BCUT2D eigenvalue weighted by molar-refractivity contribution is 5.76. The summed E-state index contributed by atoms with van der Waals surface area (Å²) in [7, 11) is 0. The van der Waals surface area contributed by atoms with Crippen molar-refractivity contribution in [2.45, 2.75) is 71.9 Å². The van der Waals surface area contributed by atoms with Crippen molar-refractivity contribution >= 4 is 11.7 Å². The molecule has 0 spiro atoms. The SMILES string of the molecule is CCCCCCC(=O)N1CCN(c2nc(-c3ccc(C(F)(F)F)cc3)nc(C)c2C(C)C)CC1. The number of benzene rings is 1. The van der Waals surface area contributed by atoms with Crippen LogP contribution < -0.4 is 4.90 Å². The molecule has 1 aliphatic rings. The van der Waals surface area contributed by atoms with Crippen LogP contribution in [0.3, 0.4) is 0 Å². The van der Waals surface area contributed by atoms with Gasteiger partial charge in [-0.2, -0.15) is 13.2 Å². The molecule has 8 heteroatoms. The molecule has 0 unspecified atom stereocenters. The molecule has 1 saturated heterocycles. The van der Waals surface area contributed by atoms with E-state index >= 15 is 0 Å². The normalized spacial score (nSPS) is 14.7. The van der Waals surface area contributed by atoms with Gasteiger partial charge >= 0.3 is 6.18 Å². The van der Waals surface area contributed by atoms with Gasteiger partial charge in [0.1, 0.15) is 5.82 Å². The number of amides is 1. The van der Waals surface area contributed by atoms with Crippen LogP contribution in [0.2, 0.25) is 0 Å². The summed E-state index contributed by atoms with van der Waals surface area (Å²) in [6.45, 7) is 10.9. The molecule has 5 nitrogen and oxygen atoms in total. The first-order chi connectivity index (χ1) is 16.1. The molecule has 0 radical (unpaired) electrons. The van der Waals surface area contributed by atoms with Gasteiger partial charge < -0.3 is 9.80 Å². The number of rotatable bonds is 8. The number of piperazine rings is 1. The van der Waals surface area contributed by atoms with Crippen molar-refractivity contribution in [1.82, 2.24) is 14.9 Å². The number of anilines is 1. The molecule has 0 saturated carbocycles. The van der Waals surface area contributed by atoms with Gasteiger partial charge in [0, 0.05) is 49.4 Å². The molecule has 1 fully saturated rings. The molecule has 1 aromatic carbocycles. The average Bonchev–Trinajstić information content (AvgIpc) is 2.80. The molecule has 0 atom stereocenters. The molecule has 0 N–H and O–H groups in total. The second-order valence-corrected chi connectivity index (χ2v) is 9.28. The maximum Gasteiger partial charge on any atom is 0.416 e. The lowest BCUT2D eigenvalue weighted by atomic mass is 10.0. The number of hydrogen-bond donors (Lipinski definition) is 0. The van der Waals surface area contributed by atoms with Gasteiger partial charge in [0.15, 0.2) is 5.82 Å². The van der Waals surface area contributed by atoms with Gasteiger partial charge in [0.2, 0.25) is 5.91 Å². The van der Waals surface area contributed by atoms with Crippen LogP contribution >= 0.6 is 0 Å². The molecule has 1 amide bonds. The van der Waals surface area contributed by atoms with Gasteiger partial charge in [-0.3, -0.25) is 4.79 Å². The van der Waals surface area contributed by atoms with Crippen molar-refractivity contribution in [3.05, 3.63) is 41.1 Å². The van der Waals surface area contributed by atoms with E-state index in [-0.39, 0.29) is 11.8 Å². The fourth-order valence-electron chi connectivity index (χ4n) is 4.45. The predicted molar refractivity (Wildman–Crippen MR) is 129 cm³/mol. The molecular formula is C26H35F3N4O. The molecule has 0 aliphatic carbocycles. The van der Waals surface area contributed by atoms with Crippen LogP contribution in [0.4, 0.5) is 19.0 Å². The van der Waals surface area contributed by atoms with Crippen LogP contribution in [0.15, 0.2) is 24.3 Å². The Balaban J connectivity index is 1.79. The second kappa shape index (κ2) is 11.2. The minimum absolute atomic E-state index is 0.190. The zero-order valence-corrected chi connectivity index (χ0v) is 20.6. The van der Waals surface area contributed by atoms with Gasteiger partial charge in [-0.05, 0) is 31.4 Å². The predicted octanol–water partition coefficient (Wildman–Crippen LogP) is 6.21. The van der Waals surface area contributed by atoms with Crippen LogP contribution in [0.5, 0.6) is 0 Å². The number of carbonyl (C=O) groups excluding carboxylic acids is 1. The Morgan fingerprint density at radius 1 is 1.00 bits per heavy atom. The van der Waals surface area contributed by atoms with Crippen LogP contribution in [0, 0.1) is 6.92 Å². The Labute approximate surface area is 200 Å². The van der Waals surface area contributed by atoms with Crippen molar-refractivity contribution in [3.8, 4) is 11.4 Å². The first-order valence-corrected chi connectivity index (χ1v) is 12.2. The van der Waals surface area contributed by atoms with E-state index in [2.05, 4.69) is 30.7 Å². The summed E-state index contributed by atoms with van der Waals surface area (Å²) < 4.78 is 38.9. The highest BCUT2D eigenvalue weighted by Crippen LogP contribution is 2.33. The lowest BCUT2D eigenvalue weighted by Gasteiger charge is -2.37. The lowest BCUT2D eigenvalue weighted by molar-refractivity contribution is -0.137. The third-order valence-electron chi connectivity index (χ3n) is 6.34. The number of aryl methyl sites for hydroxylation is 1. The fourth-order valence-corrected chi connectivity index (χ4v) is 4.45. The van der Waals surface area contributed by atoms with E-state index < -0.39 is 11.7 Å². The van der Waals surface area contributed by atoms with E-state index in [9.17, 15) is 18.0 Å². The lowest BCUT2D eigenvalue weighted by Crippen LogP contribution is -2.49. The highest BCUT2D eigenvalue weighted by atomic mass is 19.4. The number of unbranched alkanes of at least 4 members (excludes halogenated alkanes) is 3.